The zero-order valence-corrected chi connectivity index (χ0v) is 18.8. The van der Waals surface area contributed by atoms with E-state index in [-0.39, 0.29) is 24.0 Å². The van der Waals surface area contributed by atoms with Crippen molar-refractivity contribution in [2.24, 2.45) is 4.99 Å². The first-order valence-corrected chi connectivity index (χ1v) is 10.3. The molecule has 0 spiro atoms. The lowest BCUT2D eigenvalue weighted by molar-refractivity contribution is 0.150. The predicted molar refractivity (Wildman–Crippen MR) is 123 cm³/mol. The fourth-order valence-electron chi connectivity index (χ4n) is 4.20. The van der Waals surface area contributed by atoms with Crippen LogP contribution in [0, 0.1) is 0 Å². The summed E-state index contributed by atoms with van der Waals surface area (Å²) in [7, 11) is 0. The number of benzene rings is 1. The van der Waals surface area contributed by atoms with Crippen molar-refractivity contribution in [2.75, 3.05) is 26.2 Å². The van der Waals surface area contributed by atoms with Gasteiger partial charge < -0.3 is 20.6 Å². The van der Waals surface area contributed by atoms with E-state index in [0.29, 0.717) is 11.8 Å². The molecule has 0 aromatic heterocycles. The molecule has 1 heterocycles. The minimum absolute atomic E-state index is 0. The number of nitrogens with zero attached hydrogens (tertiary/aromatic N) is 2. The van der Waals surface area contributed by atoms with Gasteiger partial charge >= 0.3 is 0 Å². The maximum atomic E-state index is 9.56. The number of rotatable bonds is 6. The lowest BCUT2D eigenvalue weighted by Gasteiger charge is -2.36. The molecular weight excluding hydrogens is 451 g/mol. The van der Waals surface area contributed by atoms with Gasteiger partial charge in [-0.25, -0.2) is 0 Å². The summed E-state index contributed by atoms with van der Waals surface area (Å²) in [5.41, 5.74) is 1.12. The Kier molecular flexibility index (Phi) is 9.68. The number of piperidine rings is 1. The number of likely N-dealkylation sites (tertiary alicyclic amines) is 1. The van der Waals surface area contributed by atoms with E-state index in [4.69, 9.17) is 4.99 Å². The van der Waals surface area contributed by atoms with Gasteiger partial charge in [-0.15, -0.1) is 24.0 Å². The number of hydrogen-bond acceptors (Lipinski definition) is 3. The van der Waals surface area contributed by atoms with Gasteiger partial charge in [0.15, 0.2) is 5.96 Å². The summed E-state index contributed by atoms with van der Waals surface area (Å²) in [5.74, 6) is 1.25. The number of halogens is 1. The van der Waals surface area contributed by atoms with Crippen LogP contribution in [0.3, 0.4) is 0 Å². The first-order chi connectivity index (χ1) is 12.7. The van der Waals surface area contributed by atoms with Gasteiger partial charge in [-0.05, 0) is 56.7 Å². The van der Waals surface area contributed by atoms with E-state index in [1.165, 1.54) is 51.6 Å². The minimum atomic E-state index is 0. The highest BCUT2D eigenvalue weighted by molar-refractivity contribution is 14.0. The van der Waals surface area contributed by atoms with Crippen LogP contribution >= 0.6 is 24.0 Å². The van der Waals surface area contributed by atoms with Crippen LogP contribution in [-0.2, 0) is 6.42 Å². The van der Waals surface area contributed by atoms with Gasteiger partial charge in [-0.1, -0.05) is 25.0 Å². The Bertz CT molecular complexity index is 581. The molecule has 0 amide bonds. The summed E-state index contributed by atoms with van der Waals surface area (Å²) >= 11 is 0. The van der Waals surface area contributed by atoms with Crippen LogP contribution < -0.4 is 10.6 Å². The topological polar surface area (TPSA) is 59.9 Å². The average Bonchev–Trinajstić information content (AvgIpc) is 3.17. The molecule has 0 radical (unpaired) electrons. The Morgan fingerprint density at radius 3 is 2.59 bits per heavy atom. The molecule has 3 N–H and O–H groups in total. The summed E-state index contributed by atoms with van der Waals surface area (Å²) in [6, 6.07) is 8.81. The van der Waals surface area contributed by atoms with Gasteiger partial charge in [-0.3, -0.25) is 4.99 Å². The SMILES string of the molecule is CCNC(=NCCc1cccc(O)c1)NC1CCN(C2CCCC2)CC1.I. The number of aliphatic imine (C=N–C) groups is 1. The van der Waals surface area contributed by atoms with Crippen LogP contribution in [0.1, 0.15) is 51.0 Å². The van der Waals surface area contributed by atoms with Crippen LogP contribution in [0.15, 0.2) is 29.3 Å². The summed E-state index contributed by atoms with van der Waals surface area (Å²) in [6.07, 6.45) is 8.87. The molecule has 1 aromatic rings. The fraction of sp³-hybridized carbons (Fsp3) is 0.667. The zero-order valence-electron chi connectivity index (χ0n) is 16.5. The van der Waals surface area contributed by atoms with Crippen molar-refractivity contribution in [3.63, 3.8) is 0 Å². The van der Waals surface area contributed by atoms with Gasteiger partial charge in [-0.2, -0.15) is 0 Å². The first-order valence-electron chi connectivity index (χ1n) is 10.3. The lowest BCUT2D eigenvalue weighted by atomic mass is 10.0. The zero-order chi connectivity index (χ0) is 18.2. The highest BCUT2D eigenvalue weighted by Gasteiger charge is 2.27. The van der Waals surface area contributed by atoms with Crippen molar-refractivity contribution < 1.29 is 5.11 Å². The van der Waals surface area contributed by atoms with Crippen LogP contribution in [0.4, 0.5) is 0 Å². The van der Waals surface area contributed by atoms with E-state index in [9.17, 15) is 5.11 Å². The van der Waals surface area contributed by atoms with Crippen molar-refractivity contribution in [1.82, 2.24) is 15.5 Å². The summed E-state index contributed by atoms with van der Waals surface area (Å²) in [5, 5.41) is 16.6. The summed E-state index contributed by atoms with van der Waals surface area (Å²) in [4.78, 5) is 7.43. The second-order valence-electron chi connectivity index (χ2n) is 7.57. The predicted octanol–water partition coefficient (Wildman–Crippen LogP) is 3.51. The Balaban J connectivity index is 0.00000261. The molecule has 27 heavy (non-hydrogen) atoms. The third kappa shape index (κ3) is 7.14. The molecule has 1 aliphatic heterocycles. The molecule has 0 atom stereocenters. The van der Waals surface area contributed by atoms with E-state index in [1.807, 2.05) is 18.2 Å². The van der Waals surface area contributed by atoms with Gasteiger partial charge in [0.2, 0.25) is 0 Å². The Labute approximate surface area is 181 Å². The monoisotopic (exact) mass is 486 g/mol. The number of aromatic hydroxyl groups is 1. The van der Waals surface area contributed by atoms with Crippen molar-refractivity contribution >= 4 is 29.9 Å². The highest BCUT2D eigenvalue weighted by atomic mass is 127. The first kappa shape index (κ1) is 22.3. The Morgan fingerprint density at radius 2 is 1.93 bits per heavy atom. The molecule has 152 valence electrons. The molecule has 3 rings (SSSR count). The molecule has 5 nitrogen and oxygen atoms in total. The van der Waals surface area contributed by atoms with E-state index in [2.05, 4.69) is 22.5 Å². The molecular formula is C21H35IN4O. The molecule has 2 fully saturated rings. The number of nitrogens with one attached hydrogen (secondary N) is 2. The van der Waals surface area contributed by atoms with Crippen molar-refractivity contribution in [3.05, 3.63) is 29.8 Å². The number of hydrogen-bond donors (Lipinski definition) is 3. The van der Waals surface area contributed by atoms with E-state index in [0.717, 1.165) is 37.1 Å². The molecule has 0 unspecified atom stereocenters. The Morgan fingerprint density at radius 1 is 1.19 bits per heavy atom. The van der Waals surface area contributed by atoms with E-state index >= 15 is 0 Å². The maximum absolute atomic E-state index is 9.56. The van der Waals surface area contributed by atoms with E-state index < -0.39 is 0 Å². The van der Waals surface area contributed by atoms with Crippen LogP contribution in [-0.4, -0.2) is 54.2 Å². The van der Waals surface area contributed by atoms with E-state index in [1.54, 1.807) is 6.07 Å². The molecule has 6 heteroatoms. The summed E-state index contributed by atoms with van der Waals surface area (Å²) < 4.78 is 0. The third-order valence-electron chi connectivity index (χ3n) is 5.64. The van der Waals surface area contributed by atoms with Gasteiger partial charge in [0.05, 0.1) is 0 Å². The molecule has 0 bridgehead atoms. The molecule has 2 aliphatic rings. The molecule has 1 saturated heterocycles. The fourth-order valence-corrected chi connectivity index (χ4v) is 4.20. The third-order valence-corrected chi connectivity index (χ3v) is 5.64. The largest absolute Gasteiger partial charge is 0.508 e. The number of guanidine groups is 1. The normalized spacial score (nSPS) is 19.7. The van der Waals surface area contributed by atoms with Crippen LogP contribution in [0.25, 0.3) is 0 Å². The average molecular weight is 486 g/mol. The number of phenolic OH excluding ortho intramolecular Hbond substituents is 1. The standard InChI is InChI=1S/C21H34N4O.HI/c1-2-22-21(23-13-10-17-6-5-9-20(26)16-17)24-18-11-14-25(15-12-18)19-7-3-4-8-19;/h5-6,9,16,18-19,26H,2-4,7-8,10-15H2,1H3,(H2,22,23,24);1H. The van der Waals surface area contributed by atoms with Gasteiger partial charge in [0.25, 0.3) is 0 Å². The van der Waals surface area contributed by atoms with Crippen molar-refractivity contribution in [3.8, 4) is 5.75 Å². The maximum Gasteiger partial charge on any atom is 0.191 e. The summed E-state index contributed by atoms with van der Waals surface area (Å²) in [6.45, 7) is 6.13. The smallest absolute Gasteiger partial charge is 0.191 e. The molecule has 1 aromatic carbocycles. The lowest BCUT2D eigenvalue weighted by Crippen LogP contribution is -2.50. The van der Waals surface area contributed by atoms with Gasteiger partial charge in [0, 0.05) is 38.3 Å². The second kappa shape index (κ2) is 11.7. The molecule has 1 aliphatic carbocycles. The second-order valence-corrected chi connectivity index (χ2v) is 7.57. The minimum Gasteiger partial charge on any atom is -0.508 e. The van der Waals surface area contributed by atoms with Crippen LogP contribution in [0.2, 0.25) is 0 Å². The van der Waals surface area contributed by atoms with Crippen LogP contribution in [0.5, 0.6) is 5.75 Å². The highest BCUT2D eigenvalue weighted by Crippen LogP contribution is 2.26. The van der Waals surface area contributed by atoms with Crippen molar-refractivity contribution in [1.29, 1.82) is 0 Å². The van der Waals surface area contributed by atoms with Crippen molar-refractivity contribution in [2.45, 2.75) is 64.0 Å². The number of phenols is 1. The van der Waals surface area contributed by atoms with Gasteiger partial charge in [0.1, 0.15) is 5.75 Å². The Hall–Kier alpha value is -1.02. The molecule has 1 saturated carbocycles. The quantitative estimate of drug-likeness (QED) is 0.327.